The van der Waals surface area contributed by atoms with Gasteiger partial charge in [0.05, 0.1) is 38.0 Å². The standard InChI is InChI=1S/C15H20F3N3O3/c1-2-24-14(22)12-9-19-21(11-7-10(8-11)15(16,17)18)13(12)20-3-5-23-6-4-20/h9-11H,2-8H2,1H3. The second kappa shape index (κ2) is 6.62. The molecule has 0 unspecified atom stereocenters. The SMILES string of the molecule is CCOC(=O)c1cnn(C2CC(C(F)(F)F)C2)c1N1CCOCC1. The molecule has 24 heavy (non-hydrogen) atoms. The minimum absolute atomic E-state index is 0.00914. The van der Waals surface area contributed by atoms with Crippen LogP contribution in [0.5, 0.6) is 0 Å². The van der Waals surface area contributed by atoms with Crippen LogP contribution in [0.25, 0.3) is 0 Å². The lowest BCUT2D eigenvalue weighted by atomic mass is 9.80. The number of morpholine rings is 1. The summed E-state index contributed by atoms with van der Waals surface area (Å²) in [6, 6.07) is -0.349. The Bertz CT molecular complexity index is 591. The van der Waals surface area contributed by atoms with Crippen LogP contribution in [-0.2, 0) is 9.47 Å². The number of hydrogen-bond donors (Lipinski definition) is 0. The smallest absolute Gasteiger partial charge is 0.391 e. The fourth-order valence-electron chi connectivity index (χ4n) is 3.12. The number of nitrogens with zero attached hydrogens (tertiary/aromatic N) is 3. The third-order valence-electron chi connectivity index (χ3n) is 4.50. The first kappa shape index (κ1) is 17.1. The number of rotatable bonds is 4. The van der Waals surface area contributed by atoms with Gasteiger partial charge in [-0.2, -0.15) is 18.3 Å². The van der Waals surface area contributed by atoms with E-state index >= 15 is 0 Å². The summed E-state index contributed by atoms with van der Waals surface area (Å²) in [6.45, 7) is 4.07. The summed E-state index contributed by atoms with van der Waals surface area (Å²) < 4.78 is 50.2. The second-order valence-corrected chi connectivity index (χ2v) is 6.01. The molecule has 1 aromatic heterocycles. The van der Waals surface area contributed by atoms with Crippen molar-refractivity contribution in [3.63, 3.8) is 0 Å². The number of carbonyl (C=O) groups is 1. The van der Waals surface area contributed by atoms with E-state index in [-0.39, 0.29) is 25.5 Å². The number of esters is 1. The van der Waals surface area contributed by atoms with Crippen molar-refractivity contribution in [3.8, 4) is 0 Å². The molecular formula is C15H20F3N3O3. The maximum Gasteiger partial charge on any atom is 0.391 e. The summed E-state index contributed by atoms with van der Waals surface area (Å²) in [5, 5.41) is 4.20. The number of carbonyl (C=O) groups excluding carboxylic acids is 1. The van der Waals surface area contributed by atoms with Crippen molar-refractivity contribution >= 4 is 11.8 Å². The van der Waals surface area contributed by atoms with Gasteiger partial charge in [-0.1, -0.05) is 0 Å². The lowest BCUT2D eigenvalue weighted by Crippen LogP contribution is -2.42. The summed E-state index contributed by atoms with van der Waals surface area (Å²) >= 11 is 0. The highest BCUT2D eigenvalue weighted by Gasteiger charge is 2.49. The van der Waals surface area contributed by atoms with Gasteiger partial charge in [0.25, 0.3) is 0 Å². The van der Waals surface area contributed by atoms with Gasteiger partial charge in [0.1, 0.15) is 11.4 Å². The Kier molecular flexibility index (Phi) is 4.71. The Morgan fingerprint density at radius 1 is 1.38 bits per heavy atom. The topological polar surface area (TPSA) is 56.6 Å². The molecule has 1 saturated carbocycles. The molecule has 1 aliphatic carbocycles. The minimum atomic E-state index is -4.17. The molecule has 0 bridgehead atoms. The number of halogens is 3. The van der Waals surface area contributed by atoms with E-state index in [1.54, 1.807) is 11.6 Å². The predicted octanol–water partition coefficient (Wildman–Crippen LogP) is 2.41. The van der Waals surface area contributed by atoms with E-state index in [1.807, 2.05) is 4.90 Å². The van der Waals surface area contributed by atoms with Gasteiger partial charge < -0.3 is 14.4 Å². The van der Waals surface area contributed by atoms with Crippen LogP contribution < -0.4 is 4.90 Å². The molecule has 134 valence electrons. The average molecular weight is 347 g/mol. The van der Waals surface area contributed by atoms with Crippen molar-refractivity contribution in [1.82, 2.24) is 9.78 Å². The van der Waals surface area contributed by atoms with Gasteiger partial charge in [-0.15, -0.1) is 0 Å². The molecule has 0 atom stereocenters. The molecule has 9 heteroatoms. The lowest BCUT2D eigenvalue weighted by Gasteiger charge is -2.39. The average Bonchev–Trinajstić information content (AvgIpc) is 2.90. The largest absolute Gasteiger partial charge is 0.462 e. The van der Waals surface area contributed by atoms with Crippen LogP contribution in [0.1, 0.15) is 36.2 Å². The summed E-state index contributed by atoms with van der Waals surface area (Å²) in [7, 11) is 0. The molecule has 2 fully saturated rings. The monoisotopic (exact) mass is 347 g/mol. The number of anilines is 1. The lowest BCUT2D eigenvalue weighted by molar-refractivity contribution is -0.202. The van der Waals surface area contributed by atoms with Gasteiger partial charge in [0, 0.05) is 13.1 Å². The van der Waals surface area contributed by atoms with Crippen LogP contribution >= 0.6 is 0 Å². The summed E-state index contributed by atoms with van der Waals surface area (Å²) in [5.74, 6) is -1.26. The van der Waals surface area contributed by atoms with E-state index in [0.717, 1.165) is 0 Å². The van der Waals surface area contributed by atoms with Crippen molar-refractivity contribution in [2.24, 2.45) is 5.92 Å². The molecular weight excluding hydrogens is 327 g/mol. The van der Waals surface area contributed by atoms with Crippen molar-refractivity contribution in [3.05, 3.63) is 11.8 Å². The molecule has 0 radical (unpaired) electrons. The third kappa shape index (κ3) is 3.22. The molecule has 0 spiro atoms. The number of alkyl halides is 3. The fourth-order valence-corrected chi connectivity index (χ4v) is 3.12. The van der Waals surface area contributed by atoms with Gasteiger partial charge in [-0.25, -0.2) is 9.48 Å². The normalized spacial score (nSPS) is 24.6. The van der Waals surface area contributed by atoms with Crippen LogP contribution in [0.2, 0.25) is 0 Å². The molecule has 3 rings (SSSR count). The Hall–Kier alpha value is -1.77. The first-order valence-corrected chi connectivity index (χ1v) is 8.05. The quantitative estimate of drug-likeness (QED) is 0.783. The molecule has 0 N–H and O–H groups in total. The Morgan fingerprint density at radius 2 is 2.04 bits per heavy atom. The van der Waals surface area contributed by atoms with E-state index in [0.29, 0.717) is 37.7 Å². The van der Waals surface area contributed by atoms with E-state index in [2.05, 4.69) is 5.10 Å². The molecule has 0 amide bonds. The summed E-state index contributed by atoms with van der Waals surface area (Å²) in [6.07, 6.45) is -2.80. The van der Waals surface area contributed by atoms with Crippen LogP contribution in [-0.4, -0.2) is 54.8 Å². The molecule has 1 aromatic rings. The highest BCUT2D eigenvalue weighted by molar-refractivity contribution is 5.94. The fraction of sp³-hybridized carbons (Fsp3) is 0.733. The number of aromatic nitrogens is 2. The zero-order valence-electron chi connectivity index (χ0n) is 13.4. The van der Waals surface area contributed by atoms with Gasteiger partial charge in [-0.05, 0) is 19.8 Å². The molecule has 6 nitrogen and oxygen atoms in total. The third-order valence-corrected chi connectivity index (χ3v) is 4.50. The molecule has 2 aliphatic rings. The number of ether oxygens (including phenoxy) is 2. The van der Waals surface area contributed by atoms with Crippen LogP contribution in [0.3, 0.4) is 0 Å². The van der Waals surface area contributed by atoms with Crippen molar-refractivity contribution in [2.45, 2.75) is 32.0 Å². The maximum atomic E-state index is 12.7. The van der Waals surface area contributed by atoms with Gasteiger partial charge in [0.15, 0.2) is 0 Å². The Morgan fingerprint density at radius 3 is 2.62 bits per heavy atom. The second-order valence-electron chi connectivity index (χ2n) is 6.01. The predicted molar refractivity (Wildman–Crippen MR) is 79.0 cm³/mol. The first-order valence-electron chi connectivity index (χ1n) is 8.05. The maximum absolute atomic E-state index is 12.7. The summed E-state index contributed by atoms with van der Waals surface area (Å²) in [5.41, 5.74) is 0.300. The Labute approximate surface area is 137 Å². The zero-order valence-corrected chi connectivity index (χ0v) is 13.4. The van der Waals surface area contributed by atoms with Gasteiger partial charge in [-0.3, -0.25) is 0 Å². The van der Waals surface area contributed by atoms with Crippen LogP contribution in [0, 0.1) is 5.92 Å². The van der Waals surface area contributed by atoms with Crippen molar-refractivity contribution < 1.29 is 27.4 Å². The van der Waals surface area contributed by atoms with Crippen molar-refractivity contribution in [1.29, 1.82) is 0 Å². The molecule has 0 aromatic carbocycles. The summed E-state index contributed by atoms with van der Waals surface area (Å²) in [4.78, 5) is 14.1. The van der Waals surface area contributed by atoms with Crippen molar-refractivity contribution in [2.75, 3.05) is 37.8 Å². The van der Waals surface area contributed by atoms with E-state index in [1.165, 1.54) is 6.20 Å². The minimum Gasteiger partial charge on any atom is -0.462 e. The number of hydrogen-bond acceptors (Lipinski definition) is 5. The zero-order chi connectivity index (χ0) is 17.3. The van der Waals surface area contributed by atoms with Gasteiger partial charge >= 0.3 is 12.1 Å². The molecule has 1 aliphatic heterocycles. The van der Waals surface area contributed by atoms with E-state index < -0.39 is 18.1 Å². The highest BCUT2D eigenvalue weighted by atomic mass is 19.4. The molecule has 1 saturated heterocycles. The highest BCUT2D eigenvalue weighted by Crippen LogP contribution is 2.48. The first-order chi connectivity index (χ1) is 11.4. The van der Waals surface area contributed by atoms with Crippen LogP contribution in [0.15, 0.2) is 6.20 Å². The Balaban J connectivity index is 1.85. The van der Waals surface area contributed by atoms with E-state index in [9.17, 15) is 18.0 Å². The van der Waals surface area contributed by atoms with Gasteiger partial charge in [0.2, 0.25) is 0 Å². The van der Waals surface area contributed by atoms with E-state index in [4.69, 9.17) is 9.47 Å². The van der Waals surface area contributed by atoms with Crippen LogP contribution in [0.4, 0.5) is 19.0 Å². The molecule has 2 heterocycles.